The van der Waals surface area contributed by atoms with Crippen LogP contribution in [0.3, 0.4) is 0 Å². The number of carbonyl (C=O) groups is 1. The second-order valence-corrected chi connectivity index (χ2v) is 3.20. The molecule has 88 valence electrons. The molecule has 0 unspecified atom stereocenters. The predicted octanol–water partition coefficient (Wildman–Crippen LogP) is 1.55. The summed E-state index contributed by atoms with van der Waals surface area (Å²) in [6, 6.07) is 3.39. The Hall–Kier alpha value is -2.44. The summed E-state index contributed by atoms with van der Waals surface area (Å²) in [7, 11) is 0. The topological polar surface area (TPSA) is 75.3 Å². The molecule has 0 saturated carbocycles. The molecule has 17 heavy (non-hydrogen) atoms. The highest BCUT2D eigenvalue weighted by Crippen LogP contribution is 2.21. The number of nitrogens with zero attached hydrogens (tertiary/aromatic N) is 2. The van der Waals surface area contributed by atoms with Gasteiger partial charge in [-0.05, 0) is 12.1 Å². The minimum absolute atomic E-state index is 0.366. The molecule has 0 aliphatic rings. The summed E-state index contributed by atoms with van der Waals surface area (Å²) in [5, 5.41) is 21.5. The number of aromatic nitrogens is 2. The van der Waals surface area contributed by atoms with Gasteiger partial charge in [-0.1, -0.05) is 0 Å². The minimum Gasteiger partial charge on any atom is -0.493 e. The molecule has 0 aliphatic carbocycles. The van der Waals surface area contributed by atoms with Gasteiger partial charge in [0.05, 0.1) is 0 Å². The van der Waals surface area contributed by atoms with E-state index in [4.69, 9.17) is 5.11 Å². The van der Waals surface area contributed by atoms with Gasteiger partial charge in [0, 0.05) is 12.1 Å². The lowest BCUT2D eigenvalue weighted by Crippen LogP contribution is -2.03. The Kier molecular flexibility index (Phi) is 2.51. The van der Waals surface area contributed by atoms with E-state index in [1.165, 1.54) is 0 Å². The fourth-order valence-corrected chi connectivity index (χ4v) is 1.30. The molecular weight excluding hydrogens is 234 g/mol. The summed E-state index contributed by atoms with van der Waals surface area (Å²) < 4.78 is 26.9. The molecule has 1 aromatic heterocycles. The molecule has 0 radical (unpaired) electrons. The summed E-state index contributed by atoms with van der Waals surface area (Å²) in [6.07, 6.45) is 0. The van der Waals surface area contributed by atoms with Crippen molar-refractivity contribution in [2.24, 2.45) is 0 Å². The number of carboxylic acids is 1. The number of rotatable bonds is 2. The molecule has 2 N–H and O–H groups in total. The first-order chi connectivity index (χ1) is 7.99. The largest absolute Gasteiger partial charge is 0.493 e. The average molecular weight is 240 g/mol. The van der Waals surface area contributed by atoms with E-state index in [9.17, 15) is 18.7 Å². The first kappa shape index (κ1) is 11.1. The number of hydrogen-bond acceptors (Lipinski definition) is 3. The van der Waals surface area contributed by atoms with E-state index in [1.807, 2.05) is 0 Å². The summed E-state index contributed by atoms with van der Waals surface area (Å²) in [5.41, 5.74) is -0.832. The third kappa shape index (κ3) is 1.94. The van der Waals surface area contributed by atoms with Crippen molar-refractivity contribution in [3.63, 3.8) is 0 Å². The fraction of sp³-hybridized carbons (Fsp3) is 0. The minimum atomic E-state index is -1.38. The number of carboxylic acid groups (broad SMARTS) is 1. The van der Waals surface area contributed by atoms with Crippen LogP contribution >= 0.6 is 0 Å². The summed E-state index contributed by atoms with van der Waals surface area (Å²) in [4.78, 5) is 10.6. The molecular formula is C10H6F2N2O3. The Morgan fingerprint density at radius 2 is 2.00 bits per heavy atom. The lowest BCUT2D eigenvalue weighted by atomic mass is 10.3. The Balaban J connectivity index is 2.60. The van der Waals surface area contributed by atoms with Crippen molar-refractivity contribution in [2.75, 3.05) is 0 Å². The van der Waals surface area contributed by atoms with Crippen LogP contribution in [0.5, 0.6) is 5.88 Å². The second kappa shape index (κ2) is 3.85. The maximum Gasteiger partial charge on any atom is 0.356 e. The molecule has 2 aromatic rings. The van der Waals surface area contributed by atoms with Crippen molar-refractivity contribution >= 4 is 5.97 Å². The number of aromatic hydroxyl groups is 1. The van der Waals surface area contributed by atoms with Crippen LogP contribution in [0.25, 0.3) is 5.69 Å². The lowest BCUT2D eigenvalue weighted by Gasteiger charge is -2.04. The Bertz CT molecular complexity index is 595. The van der Waals surface area contributed by atoms with Crippen LogP contribution in [-0.4, -0.2) is 26.0 Å². The molecule has 5 nitrogen and oxygen atoms in total. The van der Waals surface area contributed by atoms with Crippen LogP contribution in [0, 0.1) is 11.6 Å². The standard InChI is InChI=1S/C10H6F2N2O3/c11-5-1-2-6(12)8(3-5)14-9(15)4-7(13-14)10(16)17/h1-4,15H,(H,16,17). The summed E-state index contributed by atoms with van der Waals surface area (Å²) in [5.74, 6) is -3.53. The third-order valence-corrected chi connectivity index (χ3v) is 2.05. The lowest BCUT2D eigenvalue weighted by molar-refractivity contribution is 0.0690. The van der Waals surface area contributed by atoms with Gasteiger partial charge in [-0.25, -0.2) is 13.6 Å². The van der Waals surface area contributed by atoms with E-state index in [0.717, 1.165) is 24.3 Å². The van der Waals surface area contributed by atoms with Gasteiger partial charge in [0.1, 0.15) is 17.3 Å². The summed E-state index contributed by atoms with van der Waals surface area (Å²) in [6.45, 7) is 0. The molecule has 1 aromatic carbocycles. The van der Waals surface area contributed by atoms with Crippen LogP contribution in [-0.2, 0) is 0 Å². The van der Waals surface area contributed by atoms with Gasteiger partial charge in [0.25, 0.3) is 0 Å². The van der Waals surface area contributed by atoms with E-state index in [-0.39, 0.29) is 5.69 Å². The molecule has 0 bridgehead atoms. The van der Waals surface area contributed by atoms with Gasteiger partial charge in [0.2, 0.25) is 5.88 Å². The molecule has 0 aliphatic heterocycles. The summed E-state index contributed by atoms with van der Waals surface area (Å²) >= 11 is 0. The van der Waals surface area contributed by atoms with Gasteiger partial charge >= 0.3 is 5.97 Å². The highest BCUT2D eigenvalue weighted by Gasteiger charge is 2.16. The second-order valence-electron chi connectivity index (χ2n) is 3.20. The van der Waals surface area contributed by atoms with E-state index >= 15 is 0 Å². The smallest absolute Gasteiger partial charge is 0.356 e. The van der Waals surface area contributed by atoms with Gasteiger partial charge in [-0.2, -0.15) is 9.78 Å². The van der Waals surface area contributed by atoms with Crippen LogP contribution in [0.1, 0.15) is 10.5 Å². The van der Waals surface area contributed by atoms with Crippen molar-refractivity contribution in [3.05, 3.63) is 41.6 Å². The Morgan fingerprint density at radius 1 is 1.29 bits per heavy atom. The van der Waals surface area contributed by atoms with Crippen molar-refractivity contribution in [1.29, 1.82) is 0 Å². The number of hydrogen-bond donors (Lipinski definition) is 2. The van der Waals surface area contributed by atoms with Gasteiger partial charge in [-0.15, -0.1) is 0 Å². The molecule has 0 amide bonds. The van der Waals surface area contributed by atoms with E-state index in [1.54, 1.807) is 0 Å². The van der Waals surface area contributed by atoms with Crippen molar-refractivity contribution < 1.29 is 23.8 Å². The molecule has 0 atom stereocenters. The molecule has 7 heteroatoms. The van der Waals surface area contributed by atoms with Crippen molar-refractivity contribution in [2.45, 2.75) is 0 Å². The maximum atomic E-state index is 13.4. The molecule has 0 saturated heterocycles. The van der Waals surface area contributed by atoms with Crippen molar-refractivity contribution in [1.82, 2.24) is 9.78 Å². The highest BCUT2D eigenvalue weighted by atomic mass is 19.1. The van der Waals surface area contributed by atoms with Gasteiger partial charge < -0.3 is 10.2 Å². The van der Waals surface area contributed by atoms with Crippen LogP contribution in [0.15, 0.2) is 24.3 Å². The van der Waals surface area contributed by atoms with E-state index in [0.29, 0.717) is 4.68 Å². The maximum absolute atomic E-state index is 13.4. The molecule has 2 rings (SSSR count). The first-order valence-electron chi connectivity index (χ1n) is 4.47. The predicted molar refractivity (Wildman–Crippen MR) is 52.1 cm³/mol. The van der Waals surface area contributed by atoms with Crippen LogP contribution in [0.4, 0.5) is 8.78 Å². The molecule has 1 heterocycles. The van der Waals surface area contributed by atoms with E-state index < -0.39 is 29.2 Å². The van der Waals surface area contributed by atoms with E-state index in [2.05, 4.69) is 5.10 Å². The Labute approximate surface area is 93.5 Å². The first-order valence-corrected chi connectivity index (χ1v) is 4.47. The number of halogens is 2. The van der Waals surface area contributed by atoms with Gasteiger partial charge in [0.15, 0.2) is 5.69 Å². The number of aromatic carboxylic acids is 1. The van der Waals surface area contributed by atoms with Crippen molar-refractivity contribution in [3.8, 4) is 11.6 Å². The van der Waals surface area contributed by atoms with Crippen LogP contribution < -0.4 is 0 Å². The molecule has 0 fully saturated rings. The zero-order chi connectivity index (χ0) is 12.6. The normalized spacial score (nSPS) is 10.5. The zero-order valence-electron chi connectivity index (χ0n) is 8.26. The number of benzene rings is 1. The highest BCUT2D eigenvalue weighted by molar-refractivity contribution is 5.85. The quantitative estimate of drug-likeness (QED) is 0.835. The average Bonchev–Trinajstić information content (AvgIpc) is 2.64. The molecule has 0 spiro atoms. The zero-order valence-corrected chi connectivity index (χ0v) is 8.26. The van der Waals surface area contributed by atoms with Gasteiger partial charge in [-0.3, -0.25) is 0 Å². The SMILES string of the molecule is O=C(O)c1cc(O)n(-c2cc(F)ccc2F)n1. The van der Waals surface area contributed by atoms with Crippen LogP contribution in [0.2, 0.25) is 0 Å². The Morgan fingerprint density at radius 3 is 2.59 bits per heavy atom. The third-order valence-electron chi connectivity index (χ3n) is 2.05. The monoisotopic (exact) mass is 240 g/mol. The fourth-order valence-electron chi connectivity index (χ4n) is 1.30.